The smallest absolute Gasteiger partial charge is 0.303 e. The Kier molecular flexibility index (Phi) is 4.30. The van der Waals surface area contributed by atoms with Gasteiger partial charge in [0.2, 0.25) is 0 Å². The van der Waals surface area contributed by atoms with Gasteiger partial charge in [-0.2, -0.15) is 0 Å². The van der Waals surface area contributed by atoms with Gasteiger partial charge in [0.05, 0.1) is 0 Å². The van der Waals surface area contributed by atoms with Crippen molar-refractivity contribution in [1.29, 1.82) is 0 Å². The topological polar surface area (TPSA) is 60.4 Å². The molecule has 4 aliphatic carbocycles. The highest BCUT2D eigenvalue weighted by molar-refractivity contribution is 5.92. The molecule has 0 aliphatic heterocycles. The lowest BCUT2D eigenvalue weighted by Gasteiger charge is -2.58. The van der Waals surface area contributed by atoms with E-state index in [9.17, 15) is 14.4 Å². The molecule has 0 heterocycles. The minimum absolute atomic E-state index is 0.0160. The summed E-state index contributed by atoms with van der Waals surface area (Å²) in [5, 5.41) is 0. The lowest BCUT2D eigenvalue weighted by Crippen LogP contribution is -2.58. The first kappa shape index (κ1) is 19.6. The monoisotopic (exact) mass is 384 g/mol. The molecule has 0 amide bonds. The molecule has 2 saturated carbocycles. The second-order valence-electron chi connectivity index (χ2n) is 10.1. The molecule has 0 radical (unpaired) electrons. The molecule has 0 aromatic heterocycles. The minimum atomic E-state index is -0.990. The third kappa shape index (κ3) is 2.39. The van der Waals surface area contributed by atoms with Crippen molar-refractivity contribution in [2.24, 2.45) is 28.6 Å². The molecular weight excluding hydrogens is 352 g/mol. The number of allylic oxidation sites excluding steroid dienone is 4. The van der Waals surface area contributed by atoms with Gasteiger partial charge in [0.25, 0.3) is 0 Å². The fourth-order valence-corrected chi connectivity index (χ4v) is 7.48. The van der Waals surface area contributed by atoms with Gasteiger partial charge in [-0.25, -0.2) is 0 Å². The van der Waals surface area contributed by atoms with Crippen LogP contribution in [0.15, 0.2) is 23.3 Å². The lowest BCUT2D eigenvalue weighted by molar-refractivity contribution is -0.185. The van der Waals surface area contributed by atoms with Crippen LogP contribution in [0.2, 0.25) is 0 Å². The van der Waals surface area contributed by atoms with Crippen LogP contribution in [-0.4, -0.2) is 23.1 Å². The molecule has 4 heteroatoms. The van der Waals surface area contributed by atoms with E-state index in [1.165, 1.54) is 18.1 Å². The van der Waals surface area contributed by atoms with Crippen molar-refractivity contribution in [3.63, 3.8) is 0 Å². The van der Waals surface area contributed by atoms with Crippen LogP contribution in [0.5, 0.6) is 0 Å². The molecule has 0 N–H and O–H groups in total. The van der Waals surface area contributed by atoms with Crippen LogP contribution in [0, 0.1) is 28.6 Å². The predicted octanol–water partition coefficient (Wildman–Crippen LogP) is 4.58. The molecule has 4 nitrogen and oxygen atoms in total. The van der Waals surface area contributed by atoms with Gasteiger partial charge in [-0.3, -0.25) is 14.4 Å². The van der Waals surface area contributed by atoms with Crippen molar-refractivity contribution in [1.82, 2.24) is 0 Å². The molecular formula is C24H32O4. The Bertz CT molecular complexity index is 820. The summed E-state index contributed by atoms with van der Waals surface area (Å²) in [6.07, 6.45) is 9.20. The van der Waals surface area contributed by atoms with Crippen molar-refractivity contribution >= 4 is 17.5 Å². The summed E-state index contributed by atoms with van der Waals surface area (Å²) in [6.45, 7) is 9.63. The van der Waals surface area contributed by atoms with E-state index in [-0.39, 0.29) is 28.4 Å². The largest absolute Gasteiger partial charge is 0.451 e. The van der Waals surface area contributed by atoms with Crippen LogP contribution in [0.4, 0.5) is 0 Å². The summed E-state index contributed by atoms with van der Waals surface area (Å²) in [5.74, 6) is 1.03. The van der Waals surface area contributed by atoms with Gasteiger partial charge in [0, 0.05) is 18.8 Å². The van der Waals surface area contributed by atoms with E-state index in [0.29, 0.717) is 30.6 Å². The van der Waals surface area contributed by atoms with Gasteiger partial charge in [-0.15, -0.1) is 0 Å². The van der Waals surface area contributed by atoms with Gasteiger partial charge in [0.1, 0.15) is 0 Å². The number of esters is 1. The summed E-state index contributed by atoms with van der Waals surface area (Å²) in [6, 6.07) is 0. The van der Waals surface area contributed by atoms with Crippen LogP contribution < -0.4 is 0 Å². The Balaban J connectivity index is 1.79. The lowest BCUT2D eigenvalue weighted by atomic mass is 9.47. The number of ether oxygens (including phenoxy) is 1. The predicted molar refractivity (Wildman–Crippen MR) is 106 cm³/mol. The van der Waals surface area contributed by atoms with E-state index in [4.69, 9.17) is 4.74 Å². The van der Waals surface area contributed by atoms with Crippen LogP contribution in [-0.2, 0) is 19.1 Å². The third-order valence-electron chi connectivity index (χ3n) is 8.84. The first-order valence-electron chi connectivity index (χ1n) is 10.7. The molecule has 4 rings (SSSR count). The van der Waals surface area contributed by atoms with Gasteiger partial charge >= 0.3 is 5.97 Å². The molecule has 6 atom stereocenters. The zero-order valence-electron chi connectivity index (χ0n) is 17.8. The molecule has 0 aromatic rings. The Morgan fingerprint density at radius 1 is 1.07 bits per heavy atom. The van der Waals surface area contributed by atoms with Crippen LogP contribution in [0.3, 0.4) is 0 Å². The highest BCUT2D eigenvalue weighted by atomic mass is 16.6. The van der Waals surface area contributed by atoms with E-state index in [1.54, 1.807) is 6.92 Å². The van der Waals surface area contributed by atoms with Gasteiger partial charge < -0.3 is 4.74 Å². The minimum Gasteiger partial charge on any atom is -0.451 e. The highest BCUT2D eigenvalue weighted by Crippen LogP contribution is 2.67. The number of hydrogen-bond donors (Lipinski definition) is 0. The normalized spacial score (nSPS) is 44.6. The maximum Gasteiger partial charge on any atom is 0.303 e. The molecule has 28 heavy (non-hydrogen) atoms. The SMILES string of the molecule is CC(=O)O[C@]1(C(C)=O)CC[C@H]2[C@@H]3C=C(C)C4=CC(=O)CCC4(C)[C@H]3CCC21C. The van der Waals surface area contributed by atoms with Crippen LogP contribution >= 0.6 is 0 Å². The molecule has 0 spiro atoms. The Morgan fingerprint density at radius 3 is 2.39 bits per heavy atom. The van der Waals surface area contributed by atoms with Crippen LogP contribution in [0.1, 0.15) is 73.1 Å². The number of fused-ring (bicyclic) bond motifs is 5. The molecule has 0 aromatic carbocycles. The molecule has 0 saturated heterocycles. The summed E-state index contributed by atoms with van der Waals surface area (Å²) in [5.41, 5.74) is 1.15. The van der Waals surface area contributed by atoms with Crippen molar-refractivity contribution in [2.45, 2.75) is 78.7 Å². The van der Waals surface area contributed by atoms with E-state index in [0.717, 1.165) is 25.7 Å². The summed E-state index contributed by atoms with van der Waals surface area (Å²) < 4.78 is 5.82. The zero-order chi connectivity index (χ0) is 20.5. The second kappa shape index (κ2) is 6.14. The van der Waals surface area contributed by atoms with Gasteiger partial charge in [0.15, 0.2) is 17.2 Å². The summed E-state index contributed by atoms with van der Waals surface area (Å²) in [4.78, 5) is 36.8. The summed E-state index contributed by atoms with van der Waals surface area (Å²) >= 11 is 0. The first-order chi connectivity index (χ1) is 13.0. The van der Waals surface area contributed by atoms with E-state index in [2.05, 4.69) is 26.8 Å². The Hall–Kier alpha value is -1.71. The Labute approximate surface area is 167 Å². The number of rotatable bonds is 2. The maximum absolute atomic E-state index is 12.8. The molecule has 2 unspecified atom stereocenters. The molecule has 152 valence electrons. The number of carbonyl (C=O) groups excluding carboxylic acids is 3. The highest BCUT2D eigenvalue weighted by Gasteiger charge is 2.67. The average Bonchev–Trinajstić information content (AvgIpc) is 2.90. The van der Waals surface area contributed by atoms with E-state index in [1.807, 2.05) is 6.08 Å². The summed E-state index contributed by atoms with van der Waals surface area (Å²) in [7, 11) is 0. The quantitative estimate of drug-likeness (QED) is 0.654. The molecule has 2 fully saturated rings. The number of ketones is 2. The average molecular weight is 385 g/mol. The fraction of sp³-hybridized carbons (Fsp3) is 0.708. The van der Waals surface area contributed by atoms with E-state index < -0.39 is 5.60 Å². The standard InChI is InChI=1S/C24H32O4/c1-14-12-18-19(22(4)9-6-17(27)13-21(14)22)7-10-23(5)20(18)8-11-24(23,15(2)25)28-16(3)26/h12-13,18-20H,6-11H2,1-5H3/t18-,19+,20+,22?,23?,24+/m1/s1. The number of hydrogen-bond acceptors (Lipinski definition) is 4. The maximum atomic E-state index is 12.8. The Morgan fingerprint density at radius 2 is 1.75 bits per heavy atom. The van der Waals surface area contributed by atoms with Crippen molar-refractivity contribution in [3.05, 3.63) is 23.3 Å². The van der Waals surface area contributed by atoms with Crippen molar-refractivity contribution in [2.75, 3.05) is 0 Å². The zero-order valence-corrected chi connectivity index (χ0v) is 17.8. The number of Topliss-reactive ketones (excluding diaryl/α,β-unsaturated/α-hetero) is 1. The number of carbonyl (C=O) groups is 3. The first-order valence-corrected chi connectivity index (χ1v) is 10.7. The van der Waals surface area contributed by atoms with Crippen LogP contribution in [0.25, 0.3) is 0 Å². The fourth-order valence-electron chi connectivity index (χ4n) is 7.48. The van der Waals surface area contributed by atoms with Crippen molar-refractivity contribution < 1.29 is 19.1 Å². The second-order valence-corrected chi connectivity index (χ2v) is 10.1. The van der Waals surface area contributed by atoms with Gasteiger partial charge in [-0.1, -0.05) is 25.5 Å². The van der Waals surface area contributed by atoms with Gasteiger partial charge in [-0.05, 0) is 80.8 Å². The molecule has 4 aliphatic rings. The van der Waals surface area contributed by atoms with E-state index >= 15 is 0 Å². The third-order valence-corrected chi connectivity index (χ3v) is 8.84. The van der Waals surface area contributed by atoms with Crippen molar-refractivity contribution in [3.8, 4) is 0 Å². The molecule has 0 bridgehead atoms.